The molecule has 0 saturated carbocycles. The highest BCUT2D eigenvalue weighted by Gasteiger charge is 2.28. The molecule has 1 amide bonds. The summed E-state index contributed by atoms with van der Waals surface area (Å²) in [6.45, 7) is -0.401. The van der Waals surface area contributed by atoms with Gasteiger partial charge in [0.15, 0.2) is 29.3 Å². The van der Waals surface area contributed by atoms with Gasteiger partial charge in [-0.3, -0.25) is 9.48 Å². The van der Waals surface area contributed by atoms with Gasteiger partial charge in [0, 0.05) is 11.8 Å². The van der Waals surface area contributed by atoms with Crippen LogP contribution in [0.4, 0.5) is 18.9 Å². The van der Waals surface area contributed by atoms with Gasteiger partial charge in [0.1, 0.15) is 19.8 Å². The summed E-state index contributed by atoms with van der Waals surface area (Å²) in [6, 6.07) is 5.04. The standard InChI is InChI=1S/C17H13F3N4O4/c18-17(19,20)8-24-7-11(6-22-24)23-16(25)14-15(28-9-21-14)10-1-2-12-13(5-10)27-4-3-26-12/h1-2,5-7,9H,3-4,8H2,(H,23,25). The summed E-state index contributed by atoms with van der Waals surface area (Å²) in [5, 5.41) is 6.03. The lowest BCUT2D eigenvalue weighted by molar-refractivity contribution is -0.142. The van der Waals surface area contributed by atoms with E-state index in [4.69, 9.17) is 13.9 Å². The number of carbonyl (C=O) groups is 1. The van der Waals surface area contributed by atoms with E-state index in [1.54, 1.807) is 18.2 Å². The van der Waals surface area contributed by atoms with E-state index in [0.29, 0.717) is 35.0 Å². The SMILES string of the molecule is O=C(Nc1cnn(CC(F)(F)F)c1)c1ncoc1-c1ccc2c(c1)OCCO2. The van der Waals surface area contributed by atoms with Crippen molar-refractivity contribution in [2.45, 2.75) is 12.7 Å². The molecule has 4 rings (SSSR count). The number of rotatable bonds is 4. The number of alkyl halides is 3. The van der Waals surface area contributed by atoms with E-state index in [-0.39, 0.29) is 17.1 Å². The van der Waals surface area contributed by atoms with E-state index >= 15 is 0 Å². The van der Waals surface area contributed by atoms with Gasteiger partial charge in [0.05, 0.1) is 11.9 Å². The molecule has 1 aliphatic rings. The zero-order chi connectivity index (χ0) is 19.7. The number of ether oxygens (including phenoxy) is 2. The molecular weight excluding hydrogens is 381 g/mol. The lowest BCUT2D eigenvalue weighted by Gasteiger charge is -2.18. The normalized spacial score (nSPS) is 13.4. The highest BCUT2D eigenvalue weighted by Crippen LogP contribution is 2.35. The summed E-state index contributed by atoms with van der Waals surface area (Å²) in [7, 11) is 0. The van der Waals surface area contributed by atoms with Crippen molar-refractivity contribution in [2.75, 3.05) is 18.5 Å². The van der Waals surface area contributed by atoms with Gasteiger partial charge in [0.25, 0.3) is 5.91 Å². The second kappa shape index (κ2) is 6.91. The quantitative estimate of drug-likeness (QED) is 0.731. The lowest BCUT2D eigenvalue weighted by atomic mass is 10.1. The second-order valence-corrected chi connectivity index (χ2v) is 5.88. The number of carbonyl (C=O) groups excluding carboxylic acids is 1. The number of nitrogens with zero attached hydrogens (tertiary/aromatic N) is 3. The molecular formula is C17H13F3N4O4. The van der Waals surface area contributed by atoms with Crippen molar-refractivity contribution in [2.24, 2.45) is 0 Å². The van der Waals surface area contributed by atoms with Gasteiger partial charge >= 0.3 is 6.18 Å². The Hall–Kier alpha value is -3.50. The first-order valence-electron chi connectivity index (χ1n) is 8.13. The summed E-state index contributed by atoms with van der Waals surface area (Å²) >= 11 is 0. The minimum atomic E-state index is -4.41. The summed E-state index contributed by atoms with van der Waals surface area (Å²) in [5.41, 5.74) is 0.616. The van der Waals surface area contributed by atoms with Crippen molar-refractivity contribution >= 4 is 11.6 Å². The molecule has 1 aliphatic heterocycles. The molecule has 0 saturated heterocycles. The van der Waals surface area contributed by atoms with Crippen molar-refractivity contribution < 1.29 is 31.9 Å². The van der Waals surface area contributed by atoms with Gasteiger partial charge in [-0.25, -0.2) is 4.98 Å². The number of nitrogens with one attached hydrogen (secondary N) is 1. The molecule has 1 N–H and O–H groups in total. The maximum absolute atomic E-state index is 12.5. The van der Waals surface area contributed by atoms with E-state index < -0.39 is 18.6 Å². The highest BCUT2D eigenvalue weighted by atomic mass is 19.4. The van der Waals surface area contributed by atoms with Crippen LogP contribution in [0, 0.1) is 0 Å². The molecule has 2 aromatic heterocycles. The van der Waals surface area contributed by atoms with Gasteiger partial charge in [-0.15, -0.1) is 0 Å². The first kappa shape index (κ1) is 17.9. The van der Waals surface area contributed by atoms with Crippen LogP contribution in [-0.4, -0.2) is 40.1 Å². The number of benzene rings is 1. The zero-order valence-corrected chi connectivity index (χ0v) is 14.2. The van der Waals surface area contributed by atoms with Crippen molar-refractivity contribution in [3.05, 3.63) is 42.7 Å². The van der Waals surface area contributed by atoms with Gasteiger partial charge in [0.2, 0.25) is 0 Å². The predicted molar refractivity (Wildman–Crippen MR) is 89.2 cm³/mol. The molecule has 0 bridgehead atoms. The summed E-state index contributed by atoms with van der Waals surface area (Å²) in [6.07, 6.45) is -1.11. The van der Waals surface area contributed by atoms with Crippen LogP contribution in [0.25, 0.3) is 11.3 Å². The molecule has 0 spiro atoms. The van der Waals surface area contributed by atoms with Crippen LogP contribution < -0.4 is 14.8 Å². The van der Waals surface area contributed by atoms with E-state index in [1.807, 2.05) is 0 Å². The van der Waals surface area contributed by atoms with E-state index in [0.717, 1.165) is 18.8 Å². The number of hydrogen-bond donors (Lipinski definition) is 1. The van der Waals surface area contributed by atoms with Crippen molar-refractivity contribution in [3.8, 4) is 22.8 Å². The van der Waals surface area contributed by atoms with Crippen LogP contribution >= 0.6 is 0 Å². The van der Waals surface area contributed by atoms with Gasteiger partial charge < -0.3 is 19.2 Å². The highest BCUT2D eigenvalue weighted by molar-refractivity contribution is 6.06. The Morgan fingerprint density at radius 1 is 1.21 bits per heavy atom. The maximum atomic E-state index is 12.5. The molecule has 146 valence electrons. The minimum absolute atomic E-state index is 0.0275. The summed E-state index contributed by atoms with van der Waals surface area (Å²) in [5.74, 6) is 0.639. The number of amides is 1. The largest absolute Gasteiger partial charge is 0.486 e. The van der Waals surface area contributed by atoms with Crippen LogP contribution in [0.5, 0.6) is 11.5 Å². The molecule has 3 aromatic rings. The van der Waals surface area contributed by atoms with Crippen molar-refractivity contribution in [1.82, 2.24) is 14.8 Å². The summed E-state index contributed by atoms with van der Waals surface area (Å²) in [4.78, 5) is 16.4. The zero-order valence-electron chi connectivity index (χ0n) is 14.2. The van der Waals surface area contributed by atoms with E-state index in [2.05, 4.69) is 15.4 Å². The molecule has 0 radical (unpaired) electrons. The van der Waals surface area contributed by atoms with E-state index in [9.17, 15) is 18.0 Å². The molecule has 1 aromatic carbocycles. The third-order valence-electron chi connectivity index (χ3n) is 3.82. The van der Waals surface area contributed by atoms with Crippen LogP contribution in [0.15, 0.2) is 41.4 Å². The number of fused-ring (bicyclic) bond motifs is 1. The number of hydrogen-bond acceptors (Lipinski definition) is 6. The molecule has 8 nitrogen and oxygen atoms in total. The van der Waals surface area contributed by atoms with Crippen LogP contribution in [-0.2, 0) is 6.54 Å². The van der Waals surface area contributed by atoms with Gasteiger partial charge in [-0.05, 0) is 18.2 Å². The predicted octanol–water partition coefficient (Wildman–Crippen LogP) is 3.12. The lowest BCUT2D eigenvalue weighted by Crippen LogP contribution is -2.18. The van der Waals surface area contributed by atoms with Crippen molar-refractivity contribution in [1.29, 1.82) is 0 Å². The molecule has 0 fully saturated rings. The topological polar surface area (TPSA) is 91.4 Å². The molecule has 11 heteroatoms. The Labute approximate surface area is 155 Å². The first-order valence-corrected chi connectivity index (χ1v) is 8.13. The third kappa shape index (κ3) is 3.77. The molecule has 0 unspecified atom stereocenters. The molecule has 0 aliphatic carbocycles. The fourth-order valence-corrected chi connectivity index (χ4v) is 2.69. The summed E-state index contributed by atoms with van der Waals surface area (Å²) < 4.78 is 54.2. The smallest absolute Gasteiger partial charge is 0.408 e. The first-order chi connectivity index (χ1) is 13.4. The van der Waals surface area contributed by atoms with Crippen molar-refractivity contribution in [3.63, 3.8) is 0 Å². The monoisotopic (exact) mass is 394 g/mol. The van der Waals surface area contributed by atoms with Crippen LogP contribution in [0.2, 0.25) is 0 Å². The minimum Gasteiger partial charge on any atom is -0.486 e. The Balaban J connectivity index is 1.53. The Bertz CT molecular complexity index is 1010. The number of anilines is 1. The molecule has 28 heavy (non-hydrogen) atoms. The average Bonchev–Trinajstić information content (AvgIpc) is 3.29. The van der Waals surface area contributed by atoms with Crippen LogP contribution in [0.1, 0.15) is 10.5 Å². The number of oxazole rings is 1. The fraction of sp³-hybridized carbons (Fsp3) is 0.235. The van der Waals surface area contributed by atoms with Crippen LogP contribution in [0.3, 0.4) is 0 Å². The maximum Gasteiger partial charge on any atom is 0.408 e. The van der Waals surface area contributed by atoms with Gasteiger partial charge in [-0.1, -0.05) is 0 Å². The average molecular weight is 394 g/mol. The van der Waals surface area contributed by atoms with Gasteiger partial charge in [-0.2, -0.15) is 18.3 Å². The Morgan fingerprint density at radius 3 is 2.79 bits per heavy atom. The second-order valence-electron chi connectivity index (χ2n) is 5.88. The van der Waals surface area contributed by atoms with E-state index in [1.165, 1.54) is 0 Å². The third-order valence-corrected chi connectivity index (χ3v) is 3.82. The Kier molecular flexibility index (Phi) is 4.41. The number of halogens is 3. The molecule has 0 atom stereocenters. The number of aromatic nitrogens is 3. The Morgan fingerprint density at radius 2 is 2.00 bits per heavy atom. The molecule has 3 heterocycles. The fourth-order valence-electron chi connectivity index (χ4n) is 2.69.